The van der Waals surface area contributed by atoms with Gasteiger partial charge in [0.2, 0.25) is 11.8 Å². The maximum atomic E-state index is 12.8. The summed E-state index contributed by atoms with van der Waals surface area (Å²) in [5.74, 6) is 0.112. The van der Waals surface area contributed by atoms with Gasteiger partial charge in [-0.3, -0.25) is 9.59 Å². The number of ether oxygens (including phenoxy) is 1. The summed E-state index contributed by atoms with van der Waals surface area (Å²) in [4.78, 5) is 27.3. The average Bonchev–Trinajstić information content (AvgIpc) is 3.23. The van der Waals surface area contributed by atoms with Crippen LogP contribution in [0.2, 0.25) is 0 Å². The summed E-state index contributed by atoms with van der Waals surface area (Å²) in [6.07, 6.45) is 3.44. The monoisotopic (exact) mass is 339 g/mol. The molecule has 3 rings (SSSR count). The van der Waals surface area contributed by atoms with E-state index in [4.69, 9.17) is 4.74 Å². The Morgan fingerprint density at radius 2 is 1.92 bits per heavy atom. The van der Waals surface area contributed by atoms with Crippen LogP contribution < -0.4 is 10.6 Å². The minimum absolute atomic E-state index is 0.0132. The fourth-order valence-corrected chi connectivity index (χ4v) is 4.09. The highest BCUT2D eigenvalue weighted by Crippen LogP contribution is 2.42. The highest BCUT2D eigenvalue weighted by molar-refractivity contribution is 5.89. The number of β-amino-alcohol motifs (C(OH)–C–C–N with tert-alkyl or cyclic N) is 1. The second-order valence-electron chi connectivity index (χ2n) is 7.35. The molecule has 2 saturated heterocycles. The molecule has 2 atom stereocenters. The van der Waals surface area contributed by atoms with Crippen molar-refractivity contribution >= 4 is 11.8 Å². The van der Waals surface area contributed by atoms with Crippen LogP contribution in [0, 0.1) is 11.3 Å². The summed E-state index contributed by atoms with van der Waals surface area (Å²) in [6.45, 7) is 4.19. The van der Waals surface area contributed by atoms with Gasteiger partial charge in [0.15, 0.2) is 0 Å². The number of nitrogens with zero attached hydrogens (tertiary/aromatic N) is 1. The number of morpholine rings is 1. The summed E-state index contributed by atoms with van der Waals surface area (Å²) < 4.78 is 5.30. The molecule has 7 nitrogen and oxygen atoms in total. The van der Waals surface area contributed by atoms with Crippen LogP contribution >= 0.6 is 0 Å². The second-order valence-corrected chi connectivity index (χ2v) is 7.35. The molecule has 3 aliphatic rings. The number of carbonyl (C=O) groups is 2. The Morgan fingerprint density at radius 1 is 1.21 bits per heavy atom. The van der Waals surface area contributed by atoms with E-state index in [-0.39, 0.29) is 17.7 Å². The number of aliphatic hydroxyl groups excluding tert-OH is 1. The van der Waals surface area contributed by atoms with Crippen LogP contribution in [0.4, 0.5) is 0 Å². The number of aliphatic hydroxyl groups is 1. The van der Waals surface area contributed by atoms with E-state index in [9.17, 15) is 14.7 Å². The molecule has 2 amide bonds. The zero-order valence-electron chi connectivity index (χ0n) is 14.3. The van der Waals surface area contributed by atoms with Crippen molar-refractivity contribution in [1.29, 1.82) is 0 Å². The number of rotatable bonds is 5. The first-order valence-corrected chi connectivity index (χ1v) is 9.13. The highest BCUT2D eigenvalue weighted by atomic mass is 16.5. The Kier molecular flexibility index (Phi) is 5.73. The lowest BCUT2D eigenvalue weighted by Crippen LogP contribution is -2.47. The third kappa shape index (κ3) is 3.90. The number of hydrogen-bond donors (Lipinski definition) is 3. The number of amides is 2. The molecule has 0 spiro atoms. The molecule has 2 aliphatic heterocycles. The molecule has 0 aromatic carbocycles. The largest absolute Gasteiger partial charge is 0.391 e. The van der Waals surface area contributed by atoms with Crippen LogP contribution in [0.1, 0.15) is 32.1 Å². The van der Waals surface area contributed by atoms with Crippen molar-refractivity contribution in [2.45, 2.75) is 38.2 Å². The molecule has 2 heterocycles. The second kappa shape index (κ2) is 7.80. The maximum absolute atomic E-state index is 12.8. The van der Waals surface area contributed by atoms with Crippen molar-refractivity contribution in [2.75, 3.05) is 45.9 Å². The zero-order chi connectivity index (χ0) is 17.0. The third-order valence-corrected chi connectivity index (χ3v) is 5.72. The minimum atomic E-state index is -0.563. The van der Waals surface area contributed by atoms with E-state index in [0.29, 0.717) is 45.8 Å². The molecule has 7 heteroatoms. The van der Waals surface area contributed by atoms with Crippen molar-refractivity contribution < 1.29 is 19.4 Å². The Labute approximate surface area is 143 Å². The summed E-state index contributed by atoms with van der Waals surface area (Å²) in [5.41, 5.74) is -0.563. The van der Waals surface area contributed by atoms with E-state index in [1.807, 2.05) is 4.90 Å². The molecule has 2 unspecified atom stereocenters. The lowest BCUT2D eigenvalue weighted by molar-refractivity contribution is -0.143. The number of hydrogen-bond acceptors (Lipinski definition) is 5. The van der Waals surface area contributed by atoms with Gasteiger partial charge < -0.3 is 25.4 Å². The number of carbonyl (C=O) groups excluding carboxylic acids is 2. The first kappa shape index (κ1) is 17.6. The molecule has 3 fully saturated rings. The highest BCUT2D eigenvalue weighted by Gasteiger charge is 2.44. The third-order valence-electron chi connectivity index (χ3n) is 5.72. The van der Waals surface area contributed by atoms with Crippen LogP contribution in [0.25, 0.3) is 0 Å². The molecular formula is C17H29N3O4. The molecular weight excluding hydrogens is 310 g/mol. The van der Waals surface area contributed by atoms with Gasteiger partial charge >= 0.3 is 0 Å². The normalized spacial score (nSPS) is 29.6. The van der Waals surface area contributed by atoms with E-state index >= 15 is 0 Å². The Morgan fingerprint density at radius 3 is 2.54 bits per heavy atom. The lowest BCUT2D eigenvalue weighted by Gasteiger charge is -2.33. The SMILES string of the molecule is O=C(CC1(C(=O)NCC2CNCC2O)CCCC1)N1CCOCC1. The molecule has 0 aromatic rings. The van der Waals surface area contributed by atoms with Crippen molar-refractivity contribution in [2.24, 2.45) is 11.3 Å². The van der Waals surface area contributed by atoms with E-state index in [1.165, 1.54) is 0 Å². The van der Waals surface area contributed by atoms with Crippen molar-refractivity contribution in [3.8, 4) is 0 Å². The average molecular weight is 339 g/mol. The molecule has 1 saturated carbocycles. The van der Waals surface area contributed by atoms with Gasteiger partial charge in [-0.25, -0.2) is 0 Å². The van der Waals surface area contributed by atoms with Crippen LogP contribution in [-0.4, -0.2) is 73.9 Å². The summed E-state index contributed by atoms with van der Waals surface area (Å²) in [5, 5.41) is 16.0. The van der Waals surface area contributed by atoms with Crippen molar-refractivity contribution in [3.05, 3.63) is 0 Å². The molecule has 0 aromatic heterocycles. The summed E-state index contributed by atoms with van der Waals surface area (Å²) in [6, 6.07) is 0. The van der Waals surface area contributed by atoms with E-state index in [1.54, 1.807) is 0 Å². The van der Waals surface area contributed by atoms with Gasteiger partial charge in [0.25, 0.3) is 0 Å². The topological polar surface area (TPSA) is 90.9 Å². The first-order chi connectivity index (χ1) is 11.6. The van der Waals surface area contributed by atoms with Crippen LogP contribution in [0.5, 0.6) is 0 Å². The van der Waals surface area contributed by atoms with Gasteiger partial charge in [0, 0.05) is 45.1 Å². The van der Waals surface area contributed by atoms with Gasteiger partial charge in [-0.15, -0.1) is 0 Å². The zero-order valence-corrected chi connectivity index (χ0v) is 14.3. The van der Waals surface area contributed by atoms with Crippen LogP contribution in [0.15, 0.2) is 0 Å². The molecule has 3 N–H and O–H groups in total. The minimum Gasteiger partial charge on any atom is -0.391 e. The predicted molar refractivity (Wildman–Crippen MR) is 88.3 cm³/mol. The summed E-state index contributed by atoms with van der Waals surface area (Å²) >= 11 is 0. The Bertz CT molecular complexity index is 459. The van der Waals surface area contributed by atoms with Gasteiger partial charge in [-0.05, 0) is 12.8 Å². The Hall–Kier alpha value is -1.18. The quantitative estimate of drug-likeness (QED) is 0.628. The van der Waals surface area contributed by atoms with Crippen molar-refractivity contribution in [1.82, 2.24) is 15.5 Å². The molecule has 24 heavy (non-hydrogen) atoms. The van der Waals surface area contributed by atoms with E-state index in [0.717, 1.165) is 32.2 Å². The molecule has 1 aliphatic carbocycles. The maximum Gasteiger partial charge on any atom is 0.226 e. The molecule has 0 radical (unpaired) electrons. The van der Waals surface area contributed by atoms with Gasteiger partial charge in [-0.1, -0.05) is 12.8 Å². The van der Waals surface area contributed by atoms with Crippen LogP contribution in [-0.2, 0) is 14.3 Å². The lowest BCUT2D eigenvalue weighted by atomic mass is 9.81. The standard InChI is InChI=1S/C17H29N3O4/c21-14-12-18-10-13(14)11-19-16(23)17(3-1-2-4-17)9-15(22)20-5-7-24-8-6-20/h13-14,18,21H,1-12H2,(H,19,23). The van der Waals surface area contributed by atoms with E-state index in [2.05, 4.69) is 10.6 Å². The predicted octanol–water partition coefficient (Wildman–Crippen LogP) is -0.508. The van der Waals surface area contributed by atoms with Crippen molar-refractivity contribution in [3.63, 3.8) is 0 Å². The fourth-order valence-electron chi connectivity index (χ4n) is 4.09. The van der Waals surface area contributed by atoms with E-state index < -0.39 is 11.5 Å². The number of nitrogens with one attached hydrogen (secondary N) is 2. The Balaban J connectivity index is 1.57. The van der Waals surface area contributed by atoms with Gasteiger partial charge in [0.1, 0.15) is 0 Å². The molecule has 136 valence electrons. The van der Waals surface area contributed by atoms with Gasteiger partial charge in [0.05, 0.1) is 24.7 Å². The molecule has 0 bridgehead atoms. The first-order valence-electron chi connectivity index (χ1n) is 9.13. The smallest absolute Gasteiger partial charge is 0.226 e. The summed E-state index contributed by atoms with van der Waals surface area (Å²) in [7, 11) is 0. The van der Waals surface area contributed by atoms with Gasteiger partial charge in [-0.2, -0.15) is 0 Å². The van der Waals surface area contributed by atoms with Crippen LogP contribution in [0.3, 0.4) is 0 Å². The fraction of sp³-hybridized carbons (Fsp3) is 0.882.